The van der Waals surface area contributed by atoms with Crippen molar-refractivity contribution in [1.29, 1.82) is 0 Å². The Hall–Kier alpha value is -2.81. The average molecular weight is 388 g/mol. The number of aryl methyl sites for hydroxylation is 1. The molecule has 2 heterocycles. The van der Waals surface area contributed by atoms with Gasteiger partial charge in [0, 0.05) is 45.3 Å². The molecule has 9 heteroatoms. The Labute approximate surface area is 165 Å². The van der Waals surface area contributed by atoms with E-state index in [1.807, 2.05) is 18.2 Å². The maximum Gasteiger partial charge on any atom is 0.246 e. The van der Waals surface area contributed by atoms with Crippen LogP contribution in [0.5, 0.6) is 11.5 Å². The zero-order chi connectivity index (χ0) is 19.9. The van der Waals surface area contributed by atoms with Crippen molar-refractivity contribution < 1.29 is 14.0 Å². The second-order valence-electron chi connectivity index (χ2n) is 6.58. The molecule has 0 unspecified atom stereocenters. The van der Waals surface area contributed by atoms with Crippen LogP contribution in [-0.2, 0) is 13.1 Å². The standard InChI is InChI=1S/C19H28N6O3/c1-14-22-18(28-23-14)12-21-19(20-2)25-9-7-24(8-10-25)13-15-11-16(26-3)5-6-17(15)27-4/h5-6,11H,7-10,12-13H2,1-4H3,(H,20,21). The molecule has 0 spiro atoms. The molecule has 0 amide bonds. The minimum absolute atomic E-state index is 0.467. The van der Waals surface area contributed by atoms with Gasteiger partial charge in [-0.15, -0.1) is 0 Å². The van der Waals surface area contributed by atoms with Crippen LogP contribution in [0.25, 0.3) is 0 Å². The molecule has 0 radical (unpaired) electrons. The monoisotopic (exact) mass is 388 g/mol. The second kappa shape index (κ2) is 9.41. The quantitative estimate of drug-likeness (QED) is 0.585. The lowest BCUT2D eigenvalue weighted by Gasteiger charge is -2.36. The van der Waals surface area contributed by atoms with Gasteiger partial charge in [0.2, 0.25) is 5.89 Å². The summed E-state index contributed by atoms with van der Waals surface area (Å²) in [6.45, 7) is 6.72. The highest BCUT2D eigenvalue weighted by molar-refractivity contribution is 5.79. The third-order valence-corrected chi connectivity index (χ3v) is 4.73. The minimum atomic E-state index is 0.467. The molecule has 0 atom stereocenters. The minimum Gasteiger partial charge on any atom is -0.497 e. The van der Waals surface area contributed by atoms with Crippen LogP contribution in [0.3, 0.4) is 0 Å². The number of piperazine rings is 1. The normalized spacial score (nSPS) is 15.6. The summed E-state index contributed by atoms with van der Waals surface area (Å²) >= 11 is 0. The Bertz CT molecular complexity index is 799. The Balaban J connectivity index is 1.53. The molecule has 1 saturated heterocycles. The highest BCUT2D eigenvalue weighted by Gasteiger charge is 2.21. The summed E-state index contributed by atoms with van der Waals surface area (Å²) in [5, 5.41) is 7.09. The van der Waals surface area contributed by atoms with Gasteiger partial charge in [-0.2, -0.15) is 4.98 Å². The molecule has 152 valence electrons. The number of benzene rings is 1. The van der Waals surface area contributed by atoms with Crippen molar-refractivity contribution in [3.05, 3.63) is 35.5 Å². The Kier molecular flexibility index (Phi) is 6.70. The zero-order valence-electron chi connectivity index (χ0n) is 16.9. The molecule has 1 fully saturated rings. The van der Waals surface area contributed by atoms with E-state index in [9.17, 15) is 0 Å². The van der Waals surface area contributed by atoms with Crippen molar-refractivity contribution in [2.45, 2.75) is 20.0 Å². The van der Waals surface area contributed by atoms with E-state index in [4.69, 9.17) is 14.0 Å². The van der Waals surface area contributed by atoms with E-state index in [-0.39, 0.29) is 0 Å². The van der Waals surface area contributed by atoms with Gasteiger partial charge >= 0.3 is 0 Å². The highest BCUT2D eigenvalue weighted by atomic mass is 16.5. The van der Waals surface area contributed by atoms with Gasteiger partial charge in [-0.25, -0.2) is 0 Å². The first-order valence-electron chi connectivity index (χ1n) is 9.31. The molecule has 1 aromatic heterocycles. The largest absolute Gasteiger partial charge is 0.497 e. The summed E-state index contributed by atoms with van der Waals surface area (Å²) in [5.41, 5.74) is 1.13. The second-order valence-corrected chi connectivity index (χ2v) is 6.58. The van der Waals surface area contributed by atoms with E-state index in [0.29, 0.717) is 18.3 Å². The first-order chi connectivity index (χ1) is 13.6. The molecule has 2 aromatic rings. The van der Waals surface area contributed by atoms with E-state index in [2.05, 4.69) is 30.2 Å². The number of hydrogen-bond donors (Lipinski definition) is 1. The van der Waals surface area contributed by atoms with Gasteiger partial charge in [0.1, 0.15) is 11.5 Å². The number of aliphatic imine (C=N–C) groups is 1. The molecule has 1 aliphatic heterocycles. The van der Waals surface area contributed by atoms with E-state index >= 15 is 0 Å². The summed E-state index contributed by atoms with van der Waals surface area (Å²) < 4.78 is 16.0. The van der Waals surface area contributed by atoms with Crippen molar-refractivity contribution in [3.8, 4) is 11.5 Å². The molecule has 9 nitrogen and oxygen atoms in total. The van der Waals surface area contributed by atoms with Gasteiger partial charge in [0.25, 0.3) is 0 Å². The zero-order valence-corrected chi connectivity index (χ0v) is 16.9. The number of ether oxygens (including phenoxy) is 2. The van der Waals surface area contributed by atoms with Crippen molar-refractivity contribution >= 4 is 5.96 Å². The van der Waals surface area contributed by atoms with Crippen LogP contribution in [0.15, 0.2) is 27.7 Å². The molecular weight excluding hydrogens is 360 g/mol. The number of nitrogens with zero attached hydrogens (tertiary/aromatic N) is 5. The van der Waals surface area contributed by atoms with Crippen molar-refractivity contribution in [3.63, 3.8) is 0 Å². The maximum absolute atomic E-state index is 5.50. The van der Waals surface area contributed by atoms with Gasteiger partial charge in [-0.05, 0) is 25.1 Å². The fourth-order valence-corrected chi connectivity index (χ4v) is 3.26. The van der Waals surface area contributed by atoms with Crippen molar-refractivity contribution in [2.75, 3.05) is 47.4 Å². The van der Waals surface area contributed by atoms with Gasteiger partial charge in [-0.1, -0.05) is 5.16 Å². The fourth-order valence-electron chi connectivity index (χ4n) is 3.26. The number of hydrogen-bond acceptors (Lipinski definition) is 7. The third-order valence-electron chi connectivity index (χ3n) is 4.73. The van der Waals surface area contributed by atoms with Gasteiger partial charge in [-0.3, -0.25) is 9.89 Å². The molecular formula is C19H28N6O3. The predicted octanol–water partition coefficient (Wildman–Crippen LogP) is 1.29. The topological polar surface area (TPSA) is 88.2 Å². The van der Waals surface area contributed by atoms with E-state index in [1.54, 1.807) is 28.2 Å². The van der Waals surface area contributed by atoms with Gasteiger partial charge in [0.05, 0.1) is 20.8 Å². The lowest BCUT2D eigenvalue weighted by Crippen LogP contribution is -2.52. The first-order valence-corrected chi connectivity index (χ1v) is 9.31. The third kappa shape index (κ3) is 4.92. The molecule has 3 rings (SSSR count). The molecule has 0 bridgehead atoms. The lowest BCUT2D eigenvalue weighted by molar-refractivity contribution is 0.170. The first kappa shape index (κ1) is 19.9. The SMILES string of the molecule is CN=C(NCc1nc(C)no1)N1CCN(Cc2cc(OC)ccc2OC)CC1. The number of guanidine groups is 1. The van der Waals surface area contributed by atoms with Crippen LogP contribution in [0.4, 0.5) is 0 Å². The molecule has 1 N–H and O–H groups in total. The summed E-state index contributed by atoms with van der Waals surface area (Å²) in [4.78, 5) is 13.2. The van der Waals surface area contributed by atoms with E-state index in [0.717, 1.165) is 55.7 Å². The fraction of sp³-hybridized carbons (Fsp3) is 0.526. The summed E-state index contributed by atoms with van der Waals surface area (Å²) in [7, 11) is 5.16. The Morgan fingerprint density at radius 1 is 1.21 bits per heavy atom. The van der Waals surface area contributed by atoms with Crippen molar-refractivity contribution in [1.82, 2.24) is 25.3 Å². The Morgan fingerprint density at radius 3 is 2.61 bits per heavy atom. The van der Waals surface area contributed by atoms with Crippen LogP contribution in [0.2, 0.25) is 0 Å². The number of aromatic nitrogens is 2. The number of nitrogens with one attached hydrogen (secondary N) is 1. The predicted molar refractivity (Wildman–Crippen MR) is 106 cm³/mol. The smallest absolute Gasteiger partial charge is 0.246 e. The van der Waals surface area contributed by atoms with Crippen molar-refractivity contribution in [2.24, 2.45) is 4.99 Å². The molecule has 0 aliphatic carbocycles. The van der Waals surface area contributed by atoms with Crippen LogP contribution in [0.1, 0.15) is 17.3 Å². The Morgan fingerprint density at radius 2 is 2.00 bits per heavy atom. The summed E-state index contributed by atoms with van der Waals surface area (Å²) in [6, 6.07) is 5.91. The number of rotatable bonds is 6. The van der Waals surface area contributed by atoms with E-state index < -0.39 is 0 Å². The molecule has 1 aliphatic rings. The lowest BCUT2D eigenvalue weighted by atomic mass is 10.1. The highest BCUT2D eigenvalue weighted by Crippen LogP contribution is 2.25. The van der Waals surface area contributed by atoms with E-state index in [1.165, 1.54) is 0 Å². The van der Waals surface area contributed by atoms with Gasteiger partial charge < -0.3 is 24.2 Å². The van der Waals surface area contributed by atoms with Crippen LogP contribution >= 0.6 is 0 Å². The molecule has 0 saturated carbocycles. The van der Waals surface area contributed by atoms with Gasteiger partial charge in [0.15, 0.2) is 11.8 Å². The van der Waals surface area contributed by atoms with Crippen LogP contribution in [-0.4, -0.2) is 73.3 Å². The summed E-state index contributed by atoms with van der Waals surface area (Å²) in [5.74, 6) is 3.76. The van der Waals surface area contributed by atoms with Crippen LogP contribution < -0.4 is 14.8 Å². The average Bonchev–Trinajstić information content (AvgIpc) is 3.14. The molecule has 1 aromatic carbocycles. The molecule has 28 heavy (non-hydrogen) atoms. The summed E-state index contributed by atoms with van der Waals surface area (Å²) in [6.07, 6.45) is 0. The van der Waals surface area contributed by atoms with Crippen LogP contribution in [0, 0.1) is 6.92 Å². The number of methoxy groups -OCH3 is 2. The maximum atomic E-state index is 5.50.